The second kappa shape index (κ2) is 7.14. The molecular weight excluding hydrogens is 357 g/mol. The third-order valence-electron chi connectivity index (χ3n) is 3.06. The molecule has 0 aliphatic rings. The first kappa shape index (κ1) is 16.1. The number of nitrogens with one attached hydrogen (secondary N) is 1. The van der Waals surface area contributed by atoms with Crippen LogP contribution in [0.5, 0.6) is 5.75 Å². The Kier molecular flexibility index (Phi) is 5.48. The van der Waals surface area contributed by atoms with Crippen LogP contribution < -0.4 is 10.1 Å². The summed E-state index contributed by atoms with van der Waals surface area (Å²) in [6.07, 6.45) is 0. The lowest BCUT2D eigenvalue weighted by Crippen LogP contribution is -2.07. The summed E-state index contributed by atoms with van der Waals surface area (Å²) in [6, 6.07) is 10.6. The van der Waals surface area contributed by atoms with Crippen molar-refractivity contribution in [3.05, 3.63) is 57.3 Å². The number of anilines is 1. The van der Waals surface area contributed by atoms with Gasteiger partial charge >= 0.3 is 0 Å². The molecule has 0 aromatic heterocycles. The van der Waals surface area contributed by atoms with Gasteiger partial charge < -0.3 is 10.1 Å². The quantitative estimate of drug-likeness (QED) is 0.714. The lowest BCUT2D eigenvalue weighted by molar-refractivity contribution is 0.340. The lowest BCUT2D eigenvalue weighted by atomic mass is 10.1. The minimum absolute atomic E-state index is 0.0277. The average molecular weight is 373 g/mol. The molecule has 0 amide bonds. The Hall–Kier alpha value is -1.26. The fourth-order valence-electron chi connectivity index (χ4n) is 2.00. The van der Waals surface area contributed by atoms with Crippen LogP contribution >= 0.6 is 27.5 Å². The van der Waals surface area contributed by atoms with E-state index in [2.05, 4.69) is 21.2 Å². The zero-order valence-corrected chi connectivity index (χ0v) is 14.1. The van der Waals surface area contributed by atoms with Crippen molar-refractivity contribution >= 4 is 33.2 Å². The number of ether oxygens (including phenoxy) is 1. The van der Waals surface area contributed by atoms with E-state index in [4.69, 9.17) is 16.3 Å². The second-order valence-corrected chi connectivity index (χ2v) is 5.87. The van der Waals surface area contributed by atoms with Gasteiger partial charge in [0.15, 0.2) is 0 Å². The summed E-state index contributed by atoms with van der Waals surface area (Å²) in [4.78, 5) is 0. The van der Waals surface area contributed by atoms with Gasteiger partial charge in [-0.25, -0.2) is 4.39 Å². The SMILES string of the molecule is CCOc1ccc(C(C)Nc2c(Cl)cc(F)cc2Br)cc1. The second-order valence-electron chi connectivity index (χ2n) is 4.61. The molecule has 0 aliphatic carbocycles. The van der Waals surface area contributed by atoms with Crippen molar-refractivity contribution in [1.82, 2.24) is 0 Å². The Morgan fingerprint density at radius 2 is 1.95 bits per heavy atom. The highest BCUT2D eigenvalue weighted by Gasteiger charge is 2.12. The number of hydrogen-bond donors (Lipinski definition) is 1. The smallest absolute Gasteiger partial charge is 0.125 e. The van der Waals surface area contributed by atoms with Gasteiger partial charge in [0.1, 0.15) is 11.6 Å². The standard InChI is InChI=1S/C16H16BrClFNO/c1-3-21-13-6-4-11(5-7-13)10(2)20-16-14(17)8-12(19)9-15(16)18/h4-10,20H,3H2,1-2H3. The fourth-order valence-corrected chi connectivity index (χ4v) is 2.92. The molecule has 2 aromatic rings. The molecule has 21 heavy (non-hydrogen) atoms. The third-order valence-corrected chi connectivity index (χ3v) is 3.98. The van der Waals surface area contributed by atoms with Gasteiger partial charge in [0, 0.05) is 10.5 Å². The number of benzene rings is 2. The van der Waals surface area contributed by atoms with E-state index in [0.29, 0.717) is 21.8 Å². The van der Waals surface area contributed by atoms with Crippen molar-refractivity contribution in [1.29, 1.82) is 0 Å². The molecule has 1 unspecified atom stereocenters. The van der Waals surface area contributed by atoms with E-state index < -0.39 is 0 Å². The number of rotatable bonds is 5. The minimum atomic E-state index is -0.369. The van der Waals surface area contributed by atoms with Crippen molar-refractivity contribution in [3.8, 4) is 5.75 Å². The Balaban J connectivity index is 2.16. The Morgan fingerprint density at radius 1 is 1.29 bits per heavy atom. The maximum Gasteiger partial charge on any atom is 0.125 e. The van der Waals surface area contributed by atoms with Crippen molar-refractivity contribution in [2.24, 2.45) is 0 Å². The average Bonchev–Trinajstić information content (AvgIpc) is 2.43. The van der Waals surface area contributed by atoms with Gasteiger partial charge in [-0.15, -0.1) is 0 Å². The van der Waals surface area contributed by atoms with Gasteiger partial charge in [-0.3, -0.25) is 0 Å². The van der Waals surface area contributed by atoms with Gasteiger partial charge in [0.2, 0.25) is 0 Å². The maximum atomic E-state index is 13.2. The molecule has 5 heteroatoms. The summed E-state index contributed by atoms with van der Waals surface area (Å²) in [7, 11) is 0. The monoisotopic (exact) mass is 371 g/mol. The van der Waals surface area contributed by atoms with E-state index in [0.717, 1.165) is 11.3 Å². The molecule has 2 rings (SSSR count). The van der Waals surface area contributed by atoms with Crippen LogP contribution in [0.4, 0.5) is 10.1 Å². The van der Waals surface area contributed by atoms with Gasteiger partial charge in [-0.1, -0.05) is 23.7 Å². The first-order chi connectivity index (χ1) is 10.0. The molecule has 0 saturated carbocycles. The van der Waals surface area contributed by atoms with Gasteiger partial charge in [0.05, 0.1) is 17.3 Å². The predicted octanol–water partition coefficient (Wildman–Crippen LogP) is 5.81. The molecular formula is C16H16BrClFNO. The highest BCUT2D eigenvalue weighted by molar-refractivity contribution is 9.10. The Labute approximate surface area is 137 Å². The van der Waals surface area contributed by atoms with Crippen LogP contribution in [0.1, 0.15) is 25.5 Å². The Bertz CT molecular complexity index is 595. The topological polar surface area (TPSA) is 21.3 Å². The summed E-state index contributed by atoms with van der Waals surface area (Å²) in [5.41, 5.74) is 1.77. The van der Waals surface area contributed by atoms with Gasteiger partial charge in [-0.05, 0) is 59.6 Å². The van der Waals surface area contributed by atoms with Crippen LogP contribution in [0.25, 0.3) is 0 Å². The van der Waals surface area contributed by atoms with Crippen molar-refractivity contribution in [2.45, 2.75) is 19.9 Å². The van der Waals surface area contributed by atoms with Crippen LogP contribution in [-0.4, -0.2) is 6.61 Å². The molecule has 0 radical (unpaired) electrons. The van der Waals surface area contributed by atoms with E-state index in [9.17, 15) is 4.39 Å². The summed E-state index contributed by atoms with van der Waals surface area (Å²) in [5.74, 6) is 0.473. The Morgan fingerprint density at radius 3 is 2.52 bits per heavy atom. The molecule has 0 heterocycles. The van der Waals surface area contributed by atoms with Crippen LogP contribution in [0.3, 0.4) is 0 Å². The molecule has 0 saturated heterocycles. The van der Waals surface area contributed by atoms with Gasteiger partial charge in [0.25, 0.3) is 0 Å². The minimum Gasteiger partial charge on any atom is -0.494 e. The summed E-state index contributed by atoms with van der Waals surface area (Å²) in [5, 5.41) is 3.63. The number of hydrogen-bond acceptors (Lipinski definition) is 2. The van der Waals surface area contributed by atoms with E-state index in [1.165, 1.54) is 12.1 Å². The molecule has 1 N–H and O–H groups in total. The highest BCUT2D eigenvalue weighted by Crippen LogP contribution is 2.34. The summed E-state index contributed by atoms with van der Waals surface area (Å²) >= 11 is 9.40. The molecule has 112 valence electrons. The van der Waals surface area contributed by atoms with Gasteiger partial charge in [-0.2, -0.15) is 0 Å². The van der Waals surface area contributed by atoms with E-state index in [-0.39, 0.29) is 11.9 Å². The van der Waals surface area contributed by atoms with Crippen LogP contribution in [-0.2, 0) is 0 Å². The normalized spacial score (nSPS) is 12.0. The van der Waals surface area contributed by atoms with Crippen molar-refractivity contribution in [3.63, 3.8) is 0 Å². The van der Waals surface area contributed by atoms with Crippen molar-refractivity contribution in [2.75, 3.05) is 11.9 Å². The zero-order chi connectivity index (χ0) is 15.4. The van der Waals surface area contributed by atoms with Crippen LogP contribution in [0, 0.1) is 5.82 Å². The van der Waals surface area contributed by atoms with E-state index in [1.807, 2.05) is 38.1 Å². The number of halogens is 3. The predicted molar refractivity (Wildman–Crippen MR) is 88.8 cm³/mol. The summed E-state index contributed by atoms with van der Waals surface area (Å²) < 4.78 is 19.3. The van der Waals surface area contributed by atoms with E-state index >= 15 is 0 Å². The first-order valence-corrected chi connectivity index (χ1v) is 7.82. The third kappa shape index (κ3) is 4.11. The summed E-state index contributed by atoms with van der Waals surface area (Å²) in [6.45, 7) is 4.61. The van der Waals surface area contributed by atoms with Crippen LogP contribution in [0.2, 0.25) is 5.02 Å². The molecule has 1 atom stereocenters. The van der Waals surface area contributed by atoms with E-state index in [1.54, 1.807) is 0 Å². The fraction of sp³-hybridized carbons (Fsp3) is 0.250. The molecule has 2 aromatic carbocycles. The lowest BCUT2D eigenvalue weighted by Gasteiger charge is -2.18. The molecule has 0 aliphatic heterocycles. The van der Waals surface area contributed by atoms with Crippen LogP contribution in [0.15, 0.2) is 40.9 Å². The molecule has 0 spiro atoms. The first-order valence-electron chi connectivity index (χ1n) is 6.65. The van der Waals surface area contributed by atoms with Crippen molar-refractivity contribution < 1.29 is 9.13 Å². The molecule has 2 nitrogen and oxygen atoms in total. The maximum absolute atomic E-state index is 13.2. The zero-order valence-electron chi connectivity index (χ0n) is 11.8. The molecule has 0 fully saturated rings. The highest BCUT2D eigenvalue weighted by atomic mass is 79.9. The molecule has 0 bridgehead atoms. The largest absolute Gasteiger partial charge is 0.494 e.